The largest absolute Gasteiger partial charge is 0.494 e. The van der Waals surface area contributed by atoms with E-state index >= 15 is 0 Å². The molecule has 0 aromatic heterocycles. The number of carbonyl (C=O) groups is 1. The van der Waals surface area contributed by atoms with Gasteiger partial charge in [-0.25, -0.2) is 4.39 Å². The summed E-state index contributed by atoms with van der Waals surface area (Å²) in [6.45, 7) is 0. The van der Waals surface area contributed by atoms with Crippen LogP contribution in [0.3, 0.4) is 0 Å². The van der Waals surface area contributed by atoms with Crippen molar-refractivity contribution >= 4 is 5.78 Å². The highest BCUT2D eigenvalue weighted by atomic mass is 19.1. The molecule has 0 aliphatic heterocycles. The van der Waals surface area contributed by atoms with E-state index in [2.05, 4.69) is 0 Å². The first-order valence-corrected chi connectivity index (χ1v) is 6.63. The molecule has 1 aliphatic rings. The summed E-state index contributed by atoms with van der Waals surface area (Å²) in [4.78, 5) is 12.3. The zero-order chi connectivity index (χ0) is 14.1. The number of carbonyl (C=O) groups excluding carboxylic acids is 1. The van der Waals surface area contributed by atoms with E-state index in [1.54, 1.807) is 6.07 Å². The second kappa shape index (κ2) is 5.08. The maximum absolute atomic E-state index is 13.6. The number of ketones is 1. The Kier molecular flexibility index (Phi) is 3.26. The molecule has 1 fully saturated rings. The second-order valence-electron chi connectivity index (χ2n) is 5.07. The summed E-state index contributed by atoms with van der Waals surface area (Å²) >= 11 is 0. The van der Waals surface area contributed by atoms with Gasteiger partial charge in [0.05, 0.1) is 7.11 Å². The minimum absolute atomic E-state index is 0.0143. The lowest BCUT2D eigenvalue weighted by Crippen LogP contribution is -2.04. The number of methoxy groups -OCH3 is 1. The summed E-state index contributed by atoms with van der Waals surface area (Å²) in [5.41, 5.74) is 1.60. The van der Waals surface area contributed by atoms with Crippen molar-refractivity contribution in [2.75, 3.05) is 7.11 Å². The Morgan fingerprint density at radius 3 is 2.60 bits per heavy atom. The molecule has 2 atom stereocenters. The molecular weight excluding hydrogens is 255 g/mol. The molecule has 2 unspecified atom stereocenters. The van der Waals surface area contributed by atoms with Crippen LogP contribution in [0.1, 0.15) is 28.3 Å². The number of Topliss-reactive ketones (excluding diaryl/α,β-unsaturated/α-hetero) is 1. The summed E-state index contributed by atoms with van der Waals surface area (Å²) in [6.07, 6.45) is 0.844. The van der Waals surface area contributed by atoms with E-state index in [1.807, 2.05) is 30.3 Å². The fourth-order valence-corrected chi connectivity index (χ4v) is 2.59. The molecule has 2 aromatic carbocycles. The molecule has 0 heterocycles. The van der Waals surface area contributed by atoms with Crippen LogP contribution in [0.2, 0.25) is 0 Å². The fourth-order valence-electron chi connectivity index (χ4n) is 2.59. The minimum Gasteiger partial charge on any atom is -0.494 e. The highest BCUT2D eigenvalue weighted by molar-refractivity contribution is 6.00. The van der Waals surface area contributed by atoms with Crippen LogP contribution in [0.4, 0.5) is 4.39 Å². The normalized spacial score (nSPS) is 20.5. The fraction of sp³-hybridized carbons (Fsp3) is 0.235. The molecule has 3 rings (SSSR count). The molecule has 0 radical (unpaired) electrons. The van der Waals surface area contributed by atoms with Crippen molar-refractivity contribution in [2.24, 2.45) is 5.92 Å². The molecular formula is C17H15FO2. The van der Waals surface area contributed by atoms with Crippen LogP contribution in [-0.4, -0.2) is 12.9 Å². The molecule has 0 N–H and O–H groups in total. The predicted molar refractivity (Wildman–Crippen MR) is 74.6 cm³/mol. The van der Waals surface area contributed by atoms with Crippen molar-refractivity contribution in [1.82, 2.24) is 0 Å². The van der Waals surface area contributed by atoms with Gasteiger partial charge in [-0.15, -0.1) is 0 Å². The summed E-state index contributed by atoms with van der Waals surface area (Å²) < 4.78 is 18.5. The van der Waals surface area contributed by atoms with Gasteiger partial charge in [-0.1, -0.05) is 30.3 Å². The number of rotatable bonds is 4. The van der Waals surface area contributed by atoms with Crippen molar-refractivity contribution in [2.45, 2.75) is 12.3 Å². The monoisotopic (exact) mass is 270 g/mol. The molecule has 0 amide bonds. The van der Waals surface area contributed by atoms with Crippen LogP contribution in [0.15, 0.2) is 48.5 Å². The van der Waals surface area contributed by atoms with Gasteiger partial charge in [-0.2, -0.15) is 0 Å². The molecule has 0 saturated heterocycles. The lowest BCUT2D eigenvalue weighted by molar-refractivity contribution is 0.0964. The van der Waals surface area contributed by atoms with Gasteiger partial charge >= 0.3 is 0 Å². The summed E-state index contributed by atoms with van der Waals surface area (Å²) in [5, 5.41) is 0. The lowest BCUT2D eigenvalue weighted by Gasteiger charge is -2.05. The van der Waals surface area contributed by atoms with Crippen LogP contribution in [-0.2, 0) is 0 Å². The van der Waals surface area contributed by atoms with Crippen molar-refractivity contribution in [3.8, 4) is 5.75 Å². The summed E-state index contributed by atoms with van der Waals surface area (Å²) in [5.74, 6) is -0.0633. The van der Waals surface area contributed by atoms with E-state index in [4.69, 9.17) is 4.74 Å². The maximum atomic E-state index is 13.6. The Bertz CT molecular complexity index is 637. The molecule has 3 heteroatoms. The Morgan fingerprint density at radius 2 is 1.95 bits per heavy atom. The molecule has 1 aliphatic carbocycles. The standard InChI is InChI=1S/C17H15FO2/c1-20-16-8-7-12(9-15(16)18)17(19)14-10-13(14)11-5-3-2-4-6-11/h2-9,13-14H,10H2,1H3. The zero-order valence-electron chi connectivity index (χ0n) is 11.2. The Balaban J connectivity index is 1.77. The van der Waals surface area contributed by atoms with E-state index < -0.39 is 5.82 Å². The van der Waals surface area contributed by atoms with E-state index in [9.17, 15) is 9.18 Å². The molecule has 0 spiro atoms. The van der Waals surface area contributed by atoms with Gasteiger partial charge in [-0.3, -0.25) is 4.79 Å². The predicted octanol–water partition coefficient (Wildman–Crippen LogP) is 3.82. The third-order valence-electron chi connectivity index (χ3n) is 3.79. The van der Waals surface area contributed by atoms with E-state index in [0.29, 0.717) is 5.56 Å². The van der Waals surface area contributed by atoms with Gasteiger partial charge in [0.2, 0.25) is 0 Å². The van der Waals surface area contributed by atoms with Gasteiger partial charge < -0.3 is 4.74 Å². The van der Waals surface area contributed by atoms with Crippen LogP contribution < -0.4 is 4.74 Å². The van der Waals surface area contributed by atoms with Crippen molar-refractivity contribution in [1.29, 1.82) is 0 Å². The Hall–Kier alpha value is -2.16. The first kappa shape index (κ1) is 12.9. The third-order valence-corrected chi connectivity index (χ3v) is 3.79. The van der Waals surface area contributed by atoms with Crippen molar-refractivity contribution in [3.63, 3.8) is 0 Å². The van der Waals surface area contributed by atoms with Gasteiger partial charge in [-0.05, 0) is 36.1 Å². The SMILES string of the molecule is COc1ccc(C(=O)C2CC2c2ccccc2)cc1F. The molecule has 2 nitrogen and oxygen atoms in total. The molecule has 2 aromatic rings. The smallest absolute Gasteiger partial charge is 0.166 e. The number of ether oxygens (including phenoxy) is 1. The summed E-state index contributed by atoms with van der Waals surface area (Å²) in [7, 11) is 1.41. The minimum atomic E-state index is -0.490. The van der Waals surface area contributed by atoms with Gasteiger partial charge in [0.25, 0.3) is 0 Å². The highest BCUT2D eigenvalue weighted by Gasteiger charge is 2.43. The second-order valence-corrected chi connectivity index (χ2v) is 5.07. The Labute approximate surface area is 117 Å². The number of halogens is 1. The van der Waals surface area contributed by atoms with E-state index in [0.717, 1.165) is 6.42 Å². The quantitative estimate of drug-likeness (QED) is 0.789. The summed E-state index contributed by atoms with van der Waals surface area (Å²) in [6, 6.07) is 14.4. The van der Waals surface area contributed by atoms with Crippen LogP contribution in [0.5, 0.6) is 5.75 Å². The molecule has 1 saturated carbocycles. The zero-order valence-corrected chi connectivity index (χ0v) is 11.2. The molecule has 102 valence electrons. The number of benzene rings is 2. The average Bonchev–Trinajstić information content (AvgIpc) is 3.28. The van der Waals surface area contributed by atoms with Crippen molar-refractivity contribution in [3.05, 3.63) is 65.5 Å². The molecule has 20 heavy (non-hydrogen) atoms. The average molecular weight is 270 g/mol. The molecule has 0 bridgehead atoms. The van der Waals surface area contributed by atoms with Crippen LogP contribution in [0, 0.1) is 11.7 Å². The Morgan fingerprint density at radius 1 is 1.20 bits per heavy atom. The topological polar surface area (TPSA) is 26.3 Å². The van der Waals surface area contributed by atoms with E-state index in [1.165, 1.54) is 24.8 Å². The van der Waals surface area contributed by atoms with Crippen LogP contribution in [0.25, 0.3) is 0 Å². The first-order valence-electron chi connectivity index (χ1n) is 6.63. The van der Waals surface area contributed by atoms with Gasteiger partial charge in [0.15, 0.2) is 17.3 Å². The van der Waals surface area contributed by atoms with E-state index in [-0.39, 0.29) is 23.4 Å². The number of hydrogen-bond acceptors (Lipinski definition) is 2. The van der Waals surface area contributed by atoms with Crippen LogP contribution >= 0.6 is 0 Å². The third kappa shape index (κ3) is 2.31. The van der Waals surface area contributed by atoms with Crippen molar-refractivity contribution < 1.29 is 13.9 Å². The van der Waals surface area contributed by atoms with Gasteiger partial charge in [0.1, 0.15) is 0 Å². The highest BCUT2D eigenvalue weighted by Crippen LogP contribution is 2.49. The maximum Gasteiger partial charge on any atom is 0.166 e. The lowest BCUT2D eigenvalue weighted by atomic mass is 10.0. The number of hydrogen-bond donors (Lipinski definition) is 0. The first-order chi connectivity index (χ1) is 9.70. The van der Waals surface area contributed by atoms with Gasteiger partial charge in [0, 0.05) is 11.5 Å².